The third kappa shape index (κ3) is 4.61. The number of rotatable bonds is 7. The van der Waals surface area contributed by atoms with Gasteiger partial charge in [-0.2, -0.15) is 0 Å². The Hall–Kier alpha value is -3.06. The largest absolute Gasteiger partial charge is 0.452 e. The highest BCUT2D eigenvalue weighted by Gasteiger charge is 2.17. The summed E-state index contributed by atoms with van der Waals surface area (Å²) >= 11 is 1.57. The number of fused-ring (bicyclic) bond motifs is 1. The highest BCUT2D eigenvalue weighted by molar-refractivity contribution is 7.09. The maximum Gasteiger partial charge on any atom is 0.338 e. The van der Waals surface area contributed by atoms with Gasteiger partial charge in [0, 0.05) is 11.4 Å². The van der Waals surface area contributed by atoms with Gasteiger partial charge in [0.2, 0.25) is 0 Å². The average molecular weight is 395 g/mol. The number of carbonyl (C=O) groups is 2. The van der Waals surface area contributed by atoms with Gasteiger partial charge < -0.3 is 9.64 Å². The van der Waals surface area contributed by atoms with Crippen LogP contribution in [0.15, 0.2) is 48.4 Å². The summed E-state index contributed by atoms with van der Waals surface area (Å²) in [4.78, 5) is 36.4. The van der Waals surface area contributed by atoms with Crippen LogP contribution in [-0.4, -0.2) is 39.9 Å². The van der Waals surface area contributed by atoms with Crippen LogP contribution in [0.4, 0.5) is 0 Å². The van der Waals surface area contributed by atoms with E-state index in [2.05, 4.69) is 16.5 Å². The lowest BCUT2D eigenvalue weighted by molar-refractivity contribution is -0.134. The standard InChI is InChI=1S/C21H21N3O3S/c1-4-9-24(12-17-6-5-10-28-17)20(25)13-27-21(26)16-7-8-18-19(11-16)23-15(3)14(2)22-18/h4-8,10-11H,1,9,12-13H2,2-3H3. The van der Waals surface area contributed by atoms with Crippen molar-refractivity contribution in [2.45, 2.75) is 20.4 Å². The summed E-state index contributed by atoms with van der Waals surface area (Å²) in [6.45, 7) is 7.97. The molecule has 0 aliphatic carbocycles. The first-order valence-corrected chi connectivity index (χ1v) is 9.69. The second kappa shape index (κ2) is 8.75. The van der Waals surface area contributed by atoms with Crippen molar-refractivity contribution >= 4 is 34.2 Å². The van der Waals surface area contributed by atoms with Crippen molar-refractivity contribution in [2.75, 3.05) is 13.2 Å². The predicted octanol–water partition coefficient (Wildman–Crippen LogP) is 3.68. The molecule has 3 aromatic rings. The molecule has 0 radical (unpaired) electrons. The molecule has 0 aliphatic rings. The molecule has 3 rings (SSSR count). The van der Waals surface area contributed by atoms with Crippen LogP contribution in [0, 0.1) is 13.8 Å². The van der Waals surface area contributed by atoms with Crippen molar-refractivity contribution in [3.63, 3.8) is 0 Å². The van der Waals surface area contributed by atoms with Crippen LogP contribution in [-0.2, 0) is 16.1 Å². The molecule has 1 amide bonds. The number of nitrogens with zero attached hydrogens (tertiary/aromatic N) is 3. The molecular weight excluding hydrogens is 374 g/mol. The number of aromatic nitrogens is 2. The highest BCUT2D eigenvalue weighted by Crippen LogP contribution is 2.16. The lowest BCUT2D eigenvalue weighted by Crippen LogP contribution is -2.34. The lowest BCUT2D eigenvalue weighted by atomic mass is 10.2. The molecule has 0 saturated heterocycles. The molecule has 0 fully saturated rings. The molecule has 144 valence electrons. The number of thiophene rings is 1. The second-order valence-corrected chi connectivity index (χ2v) is 7.35. The molecule has 0 bridgehead atoms. The number of aryl methyl sites for hydroxylation is 2. The Kier molecular flexibility index (Phi) is 6.16. The van der Waals surface area contributed by atoms with E-state index in [1.807, 2.05) is 31.4 Å². The van der Waals surface area contributed by atoms with Crippen molar-refractivity contribution in [3.8, 4) is 0 Å². The minimum absolute atomic E-state index is 0.270. The van der Waals surface area contributed by atoms with Gasteiger partial charge in [0.1, 0.15) is 0 Å². The number of hydrogen-bond donors (Lipinski definition) is 0. The van der Waals surface area contributed by atoms with E-state index in [1.165, 1.54) is 0 Å². The topological polar surface area (TPSA) is 72.4 Å². The smallest absolute Gasteiger partial charge is 0.338 e. The van der Waals surface area contributed by atoms with Crippen LogP contribution in [0.2, 0.25) is 0 Å². The van der Waals surface area contributed by atoms with E-state index >= 15 is 0 Å². The van der Waals surface area contributed by atoms with Crippen molar-refractivity contribution in [2.24, 2.45) is 0 Å². The predicted molar refractivity (Wildman–Crippen MR) is 109 cm³/mol. The highest BCUT2D eigenvalue weighted by atomic mass is 32.1. The van der Waals surface area contributed by atoms with Crippen molar-refractivity contribution in [1.82, 2.24) is 14.9 Å². The number of esters is 1. The summed E-state index contributed by atoms with van der Waals surface area (Å²) in [5.41, 5.74) is 3.33. The van der Waals surface area contributed by atoms with Gasteiger partial charge in [0.15, 0.2) is 6.61 Å². The van der Waals surface area contributed by atoms with Gasteiger partial charge in [-0.25, -0.2) is 14.8 Å². The molecule has 28 heavy (non-hydrogen) atoms. The van der Waals surface area contributed by atoms with E-state index in [0.717, 1.165) is 16.3 Å². The molecule has 1 aromatic carbocycles. The Morgan fingerprint density at radius 3 is 2.61 bits per heavy atom. The number of amides is 1. The summed E-state index contributed by atoms with van der Waals surface area (Å²) < 4.78 is 5.23. The van der Waals surface area contributed by atoms with Crippen LogP contribution in [0.1, 0.15) is 26.6 Å². The third-order valence-electron chi connectivity index (χ3n) is 4.27. The Morgan fingerprint density at radius 1 is 1.18 bits per heavy atom. The zero-order valence-electron chi connectivity index (χ0n) is 15.8. The van der Waals surface area contributed by atoms with Gasteiger partial charge in [0.05, 0.1) is 34.5 Å². The number of ether oxygens (including phenoxy) is 1. The molecular formula is C21H21N3O3S. The van der Waals surface area contributed by atoms with Gasteiger partial charge in [-0.3, -0.25) is 4.79 Å². The summed E-state index contributed by atoms with van der Waals surface area (Å²) in [6.07, 6.45) is 1.65. The minimum atomic E-state index is -0.565. The summed E-state index contributed by atoms with van der Waals surface area (Å²) in [7, 11) is 0. The zero-order chi connectivity index (χ0) is 20.1. The normalized spacial score (nSPS) is 10.6. The van der Waals surface area contributed by atoms with Gasteiger partial charge in [0.25, 0.3) is 5.91 Å². The molecule has 6 nitrogen and oxygen atoms in total. The lowest BCUT2D eigenvalue weighted by Gasteiger charge is -2.20. The van der Waals surface area contributed by atoms with Gasteiger partial charge in [-0.15, -0.1) is 17.9 Å². The van der Waals surface area contributed by atoms with E-state index in [1.54, 1.807) is 40.5 Å². The van der Waals surface area contributed by atoms with Crippen molar-refractivity contribution in [1.29, 1.82) is 0 Å². The quantitative estimate of drug-likeness (QED) is 0.451. The number of carbonyl (C=O) groups excluding carboxylic acids is 2. The van der Waals surface area contributed by atoms with Gasteiger partial charge >= 0.3 is 5.97 Å². The van der Waals surface area contributed by atoms with Gasteiger partial charge in [-0.05, 0) is 43.5 Å². The molecule has 0 saturated carbocycles. The van der Waals surface area contributed by atoms with Gasteiger partial charge in [-0.1, -0.05) is 12.1 Å². The Balaban J connectivity index is 1.66. The van der Waals surface area contributed by atoms with Crippen molar-refractivity contribution in [3.05, 3.63) is 70.2 Å². The van der Waals surface area contributed by atoms with E-state index in [0.29, 0.717) is 29.7 Å². The number of hydrogen-bond acceptors (Lipinski definition) is 6. The van der Waals surface area contributed by atoms with E-state index in [-0.39, 0.29) is 12.5 Å². The molecule has 2 aromatic heterocycles. The molecule has 0 N–H and O–H groups in total. The van der Waals surface area contributed by atoms with Crippen LogP contribution in [0.5, 0.6) is 0 Å². The van der Waals surface area contributed by atoms with E-state index < -0.39 is 5.97 Å². The SMILES string of the molecule is C=CCN(Cc1cccs1)C(=O)COC(=O)c1ccc2nc(C)c(C)nc2c1. The molecule has 0 aliphatic heterocycles. The van der Waals surface area contributed by atoms with Crippen LogP contribution < -0.4 is 0 Å². The Morgan fingerprint density at radius 2 is 1.93 bits per heavy atom. The summed E-state index contributed by atoms with van der Waals surface area (Å²) in [5.74, 6) is -0.835. The average Bonchev–Trinajstić information content (AvgIpc) is 3.19. The summed E-state index contributed by atoms with van der Waals surface area (Å²) in [6, 6.07) is 8.89. The third-order valence-corrected chi connectivity index (χ3v) is 5.13. The molecule has 2 heterocycles. The number of benzene rings is 1. The molecule has 0 atom stereocenters. The van der Waals surface area contributed by atoms with Crippen LogP contribution in [0.3, 0.4) is 0 Å². The maximum absolute atomic E-state index is 12.5. The minimum Gasteiger partial charge on any atom is -0.452 e. The monoisotopic (exact) mass is 395 g/mol. The van der Waals surface area contributed by atoms with Crippen LogP contribution >= 0.6 is 11.3 Å². The Labute approximate surface area is 167 Å². The molecule has 0 spiro atoms. The zero-order valence-corrected chi connectivity index (χ0v) is 16.7. The molecule has 0 unspecified atom stereocenters. The summed E-state index contributed by atoms with van der Waals surface area (Å²) in [5, 5.41) is 1.96. The van der Waals surface area contributed by atoms with Crippen LogP contribution in [0.25, 0.3) is 11.0 Å². The molecule has 7 heteroatoms. The first kappa shape index (κ1) is 19.7. The first-order valence-electron chi connectivity index (χ1n) is 8.81. The van der Waals surface area contributed by atoms with E-state index in [9.17, 15) is 9.59 Å². The second-order valence-electron chi connectivity index (χ2n) is 6.32. The first-order chi connectivity index (χ1) is 13.5. The fourth-order valence-corrected chi connectivity index (χ4v) is 3.38. The van der Waals surface area contributed by atoms with E-state index in [4.69, 9.17) is 4.74 Å². The Bertz CT molecular complexity index is 1020. The maximum atomic E-state index is 12.5. The fraction of sp³-hybridized carbons (Fsp3) is 0.238. The van der Waals surface area contributed by atoms with Crippen molar-refractivity contribution < 1.29 is 14.3 Å². The fourth-order valence-electron chi connectivity index (χ4n) is 2.66.